The van der Waals surface area contributed by atoms with Gasteiger partial charge >= 0.3 is 0 Å². The van der Waals surface area contributed by atoms with Crippen LogP contribution in [0, 0.1) is 5.41 Å². The Balaban J connectivity index is 2.33. The molecule has 2 unspecified atom stereocenters. The molecule has 2 atom stereocenters. The molecule has 0 spiro atoms. The molecule has 16 heavy (non-hydrogen) atoms. The number of hydrogen-bond acceptors (Lipinski definition) is 1. The summed E-state index contributed by atoms with van der Waals surface area (Å²) in [6.07, 6.45) is 2.89. The predicted octanol–water partition coefficient (Wildman–Crippen LogP) is 4.10. The molecular formula is C14H19BrO. The van der Waals surface area contributed by atoms with Crippen molar-refractivity contribution < 1.29 is 5.11 Å². The largest absolute Gasteiger partial charge is 0.393 e. The van der Waals surface area contributed by atoms with E-state index in [4.69, 9.17) is 0 Å². The first kappa shape index (κ1) is 12.1. The van der Waals surface area contributed by atoms with Crippen molar-refractivity contribution in [1.29, 1.82) is 0 Å². The fraction of sp³-hybridized carbons (Fsp3) is 0.571. The van der Waals surface area contributed by atoms with Gasteiger partial charge in [0.25, 0.3) is 0 Å². The van der Waals surface area contributed by atoms with Crippen molar-refractivity contribution in [2.24, 2.45) is 5.41 Å². The number of aliphatic hydroxyl groups excluding tert-OH is 1. The van der Waals surface area contributed by atoms with Crippen molar-refractivity contribution >= 4 is 15.9 Å². The van der Waals surface area contributed by atoms with Gasteiger partial charge in [0.2, 0.25) is 0 Å². The van der Waals surface area contributed by atoms with Crippen LogP contribution in [0.1, 0.15) is 44.6 Å². The van der Waals surface area contributed by atoms with E-state index in [0.717, 1.165) is 19.3 Å². The first-order chi connectivity index (χ1) is 7.65. The second kappa shape index (κ2) is 4.50. The SMILES string of the molecule is CCC1(CC)C(O)CC1c1ccccc1Br. The van der Waals surface area contributed by atoms with E-state index in [9.17, 15) is 5.11 Å². The molecular weight excluding hydrogens is 264 g/mol. The number of hydrogen-bond donors (Lipinski definition) is 1. The molecule has 0 saturated heterocycles. The third kappa shape index (κ3) is 1.63. The van der Waals surface area contributed by atoms with E-state index in [1.807, 2.05) is 6.07 Å². The summed E-state index contributed by atoms with van der Waals surface area (Å²) in [6, 6.07) is 8.40. The van der Waals surface area contributed by atoms with Gasteiger partial charge in [-0.25, -0.2) is 0 Å². The lowest BCUT2D eigenvalue weighted by atomic mass is 9.53. The maximum atomic E-state index is 10.1. The first-order valence-electron chi connectivity index (χ1n) is 6.08. The Morgan fingerprint density at radius 3 is 2.44 bits per heavy atom. The normalized spacial score (nSPS) is 27.5. The highest BCUT2D eigenvalue weighted by Gasteiger charge is 2.52. The highest BCUT2D eigenvalue weighted by Crippen LogP contribution is 2.58. The average Bonchev–Trinajstić information content (AvgIpc) is 2.29. The molecule has 1 nitrogen and oxygen atoms in total. The maximum absolute atomic E-state index is 10.1. The number of halogens is 1. The molecule has 2 heteroatoms. The molecule has 1 N–H and O–H groups in total. The molecule has 1 aliphatic rings. The summed E-state index contributed by atoms with van der Waals surface area (Å²) in [5.74, 6) is 0.507. The number of benzene rings is 1. The second-order valence-corrected chi connectivity index (χ2v) is 5.62. The molecule has 1 fully saturated rings. The van der Waals surface area contributed by atoms with Gasteiger partial charge in [0.05, 0.1) is 6.10 Å². The van der Waals surface area contributed by atoms with Gasteiger partial charge in [0.15, 0.2) is 0 Å². The van der Waals surface area contributed by atoms with E-state index in [0.29, 0.717) is 5.92 Å². The fourth-order valence-electron chi connectivity index (χ4n) is 3.17. The van der Waals surface area contributed by atoms with Crippen molar-refractivity contribution in [1.82, 2.24) is 0 Å². The average molecular weight is 283 g/mol. The third-order valence-corrected chi connectivity index (χ3v) is 5.14. The Morgan fingerprint density at radius 1 is 1.31 bits per heavy atom. The lowest BCUT2D eigenvalue weighted by Crippen LogP contribution is -2.51. The predicted molar refractivity (Wildman–Crippen MR) is 70.5 cm³/mol. The van der Waals surface area contributed by atoms with Crippen LogP contribution in [0.5, 0.6) is 0 Å². The lowest BCUT2D eigenvalue weighted by Gasteiger charge is -2.54. The van der Waals surface area contributed by atoms with E-state index in [1.54, 1.807) is 0 Å². The molecule has 0 radical (unpaired) electrons. The monoisotopic (exact) mass is 282 g/mol. The van der Waals surface area contributed by atoms with Crippen LogP contribution in [-0.4, -0.2) is 11.2 Å². The molecule has 0 amide bonds. The molecule has 0 heterocycles. The number of aliphatic hydroxyl groups is 1. The zero-order chi connectivity index (χ0) is 11.8. The summed E-state index contributed by atoms with van der Waals surface area (Å²) in [6.45, 7) is 4.38. The zero-order valence-corrected chi connectivity index (χ0v) is 11.5. The first-order valence-corrected chi connectivity index (χ1v) is 6.87. The minimum atomic E-state index is -0.125. The molecule has 1 aliphatic carbocycles. The van der Waals surface area contributed by atoms with Gasteiger partial charge in [-0.1, -0.05) is 48.0 Å². The van der Waals surface area contributed by atoms with Gasteiger partial charge in [-0.2, -0.15) is 0 Å². The highest BCUT2D eigenvalue weighted by atomic mass is 79.9. The van der Waals surface area contributed by atoms with Crippen LogP contribution < -0.4 is 0 Å². The third-order valence-electron chi connectivity index (χ3n) is 4.41. The molecule has 2 rings (SSSR count). The topological polar surface area (TPSA) is 20.2 Å². The van der Waals surface area contributed by atoms with Crippen molar-refractivity contribution in [2.75, 3.05) is 0 Å². The summed E-state index contributed by atoms with van der Waals surface area (Å²) in [5, 5.41) is 10.1. The Kier molecular flexibility index (Phi) is 3.41. The maximum Gasteiger partial charge on any atom is 0.0608 e. The smallest absolute Gasteiger partial charge is 0.0608 e. The molecule has 88 valence electrons. The Labute approximate surface area is 106 Å². The van der Waals surface area contributed by atoms with Crippen LogP contribution in [0.4, 0.5) is 0 Å². The van der Waals surface area contributed by atoms with Crippen molar-refractivity contribution in [3.05, 3.63) is 34.3 Å². The Morgan fingerprint density at radius 2 is 1.94 bits per heavy atom. The van der Waals surface area contributed by atoms with E-state index in [2.05, 4.69) is 48.0 Å². The van der Waals surface area contributed by atoms with Gasteiger partial charge in [-0.05, 0) is 36.8 Å². The van der Waals surface area contributed by atoms with E-state index in [-0.39, 0.29) is 11.5 Å². The van der Waals surface area contributed by atoms with Crippen LogP contribution in [0.25, 0.3) is 0 Å². The van der Waals surface area contributed by atoms with E-state index < -0.39 is 0 Å². The molecule has 0 bridgehead atoms. The van der Waals surface area contributed by atoms with E-state index in [1.165, 1.54) is 10.0 Å². The number of rotatable bonds is 3. The standard InChI is InChI=1S/C14H19BrO/c1-3-14(4-2)11(9-13(14)16)10-7-5-6-8-12(10)15/h5-8,11,13,16H,3-4,9H2,1-2H3. The van der Waals surface area contributed by atoms with Crippen LogP contribution >= 0.6 is 15.9 Å². The fourth-order valence-corrected chi connectivity index (χ4v) is 3.73. The van der Waals surface area contributed by atoms with Crippen molar-refractivity contribution in [3.63, 3.8) is 0 Å². The molecule has 1 saturated carbocycles. The molecule has 1 aromatic rings. The van der Waals surface area contributed by atoms with Gasteiger partial charge in [-0.3, -0.25) is 0 Å². The van der Waals surface area contributed by atoms with Gasteiger partial charge in [0.1, 0.15) is 0 Å². The highest BCUT2D eigenvalue weighted by molar-refractivity contribution is 9.10. The van der Waals surface area contributed by atoms with Crippen LogP contribution in [-0.2, 0) is 0 Å². The van der Waals surface area contributed by atoms with E-state index >= 15 is 0 Å². The molecule has 0 aromatic heterocycles. The van der Waals surface area contributed by atoms with Crippen molar-refractivity contribution in [3.8, 4) is 0 Å². The summed E-state index contributed by atoms with van der Waals surface area (Å²) >= 11 is 3.62. The van der Waals surface area contributed by atoms with Crippen LogP contribution in [0.15, 0.2) is 28.7 Å². The second-order valence-electron chi connectivity index (χ2n) is 4.77. The summed E-state index contributed by atoms with van der Waals surface area (Å²) < 4.78 is 1.18. The Hall–Kier alpha value is -0.340. The molecule has 0 aliphatic heterocycles. The minimum absolute atomic E-state index is 0.101. The molecule has 1 aromatic carbocycles. The summed E-state index contributed by atoms with van der Waals surface area (Å²) in [7, 11) is 0. The summed E-state index contributed by atoms with van der Waals surface area (Å²) in [4.78, 5) is 0. The minimum Gasteiger partial charge on any atom is -0.393 e. The van der Waals surface area contributed by atoms with Crippen LogP contribution in [0.3, 0.4) is 0 Å². The van der Waals surface area contributed by atoms with Gasteiger partial charge < -0.3 is 5.11 Å². The van der Waals surface area contributed by atoms with Gasteiger partial charge in [0, 0.05) is 9.89 Å². The summed E-state index contributed by atoms with van der Waals surface area (Å²) in [5.41, 5.74) is 1.46. The van der Waals surface area contributed by atoms with Crippen molar-refractivity contribution in [2.45, 2.75) is 45.1 Å². The Bertz CT molecular complexity index is 371. The lowest BCUT2D eigenvalue weighted by molar-refractivity contribution is -0.0934. The van der Waals surface area contributed by atoms with Gasteiger partial charge in [-0.15, -0.1) is 0 Å². The quantitative estimate of drug-likeness (QED) is 0.885. The zero-order valence-electron chi connectivity index (χ0n) is 9.91. The van der Waals surface area contributed by atoms with Crippen LogP contribution in [0.2, 0.25) is 0 Å².